The molecule has 3 heterocycles. The Morgan fingerprint density at radius 3 is 1.93 bits per heavy atom. The van der Waals surface area contributed by atoms with Gasteiger partial charge < -0.3 is 0 Å². The van der Waals surface area contributed by atoms with Crippen molar-refractivity contribution in [2.24, 2.45) is 0 Å². The van der Waals surface area contributed by atoms with E-state index >= 15 is 0 Å². The van der Waals surface area contributed by atoms with E-state index in [-0.39, 0.29) is 0 Å². The highest BCUT2D eigenvalue weighted by molar-refractivity contribution is 6.01. The van der Waals surface area contributed by atoms with Gasteiger partial charge in [-0.15, -0.1) is 0 Å². The average Bonchev–Trinajstić information content (AvgIpc) is 3.13. The second-order valence-corrected chi connectivity index (χ2v) is 11.8. The minimum atomic E-state index is 0.619. The quantitative estimate of drug-likeness (QED) is 0.202. The zero-order valence-corrected chi connectivity index (χ0v) is 25.2. The molecule has 2 aliphatic carbocycles. The predicted molar refractivity (Wildman–Crippen MR) is 186 cm³/mol. The number of aryl methyl sites for hydroxylation is 1. The standard InChI is InChI=1S/C40H30N6/c1-3-13-27(14-4-1)29-17-11-19-33-31(29)25-41-39(43-33)45-35-21-7-9-23-37(35)46(38-24-10-8-22-36(38)45)40-42-26-32-30(18-12-20-34(32)44-40)28-15-5-2-6-16-28/h1-5,7-11,13-15,17-19,21-26H,6,12,16,20H2. The van der Waals surface area contributed by atoms with Gasteiger partial charge in [0.2, 0.25) is 11.9 Å². The van der Waals surface area contributed by atoms with Gasteiger partial charge in [-0.2, -0.15) is 0 Å². The van der Waals surface area contributed by atoms with Crippen molar-refractivity contribution in [1.29, 1.82) is 0 Å². The number of aromatic nitrogens is 4. The molecular formula is C40H30N6. The Morgan fingerprint density at radius 2 is 1.24 bits per heavy atom. The predicted octanol–water partition coefficient (Wildman–Crippen LogP) is 9.95. The van der Waals surface area contributed by atoms with Crippen LogP contribution in [0, 0.1) is 0 Å². The van der Waals surface area contributed by atoms with Crippen LogP contribution < -0.4 is 9.80 Å². The summed E-state index contributed by atoms with van der Waals surface area (Å²) in [4.78, 5) is 24.7. The zero-order chi connectivity index (χ0) is 30.5. The van der Waals surface area contributed by atoms with Gasteiger partial charge in [-0.25, -0.2) is 19.9 Å². The maximum absolute atomic E-state index is 5.24. The molecule has 0 bridgehead atoms. The highest BCUT2D eigenvalue weighted by Crippen LogP contribution is 2.53. The van der Waals surface area contributed by atoms with E-state index in [0.29, 0.717) is 11.9 Å². The number of nitrogens with zero attached hydrogens (tertiary/aromatic N) is 6. The fraction of sp³-hybridized carbons (Fsp3) is 0.100. The van der Waals surface area contributed by atoms with Crippen LogP contribution in [0.2, 0.25) is 0 Å². The lowest BCUT2D eigenvalue weighted by molar-refractivity contribution is 0.885. The lowest BCUT2D eigenvalue weighted by Gasteiger charge is -2.38. The second-order valence-electron chi connectivity index (χ2n) is 11.8. The van der Waals surface area contributed by atoms with Crippen molar-refractivity contribution in [3.8, 4) is 11.1 Å². The molecule has 0 saturated carbocycles. The molecule has 6 heteroatoms. The largest absolute Gasteiger partial charge is 0.275 e. The smallest absolute Gasteiger partial charge is 0.235 e. The lowest BCUT2D eigenvalue weighted by atomic mass is 9.87. The van der Waals surface area contributed by atoms with Crippen LogP contribution in [0.5, 0.6) is 0 Å². The van der Waals surface area contributed by atoms with Crippen LogP contribution in [0.4, 0.5) is 34.6 Å². The summed E-state index contributed by atoms with van der Waals surface area (Å²) in [6, 6.07) is 33.4. The van der Waals surface area contributed by atoms with E-state index < -0.39 is 0 Å². The molecule has 0 atom stereocenters. The summed E-state index contributed by atoms with van der Waals surface area (Å²) < 4.78 is 0. The monoisotopic (exact) mass is 594 g/mol. The minimum absolute atomic E-state index is 0.619. The molecule has 0 amide bonds. The third kappa shape index (κ3) is 4.33. The van der Waals surface area contributed by atoms with E-state index in [2.05, 4.69) is 125 Å². The van der Waals surface area contributed by atoms with Crippen LogP contribution in [0.1, 0.15) is 30.5 Å². The van der Waals surface area contributed by atoms with E-state index in [4.69, 9.17) is 19.9 Å². The average molecular weight is 595 g/mol. The molecule has 0 N–H and O–H groups in total. The van der Waals surface area contributed by atoms with E-state index in [1.807, 2.05) is 18.5 Å². The first-order valence-corrected chi connectivity index (χ1v) is 15.9. The summed E-state index contributed by atoms with van der Waals surface area (Å²) in [7, 11) is 0. The molecule has 6 aromatic rings. The maximum Gasteiger partial charge on any atom is 0.235 e. The van der Waals surface area contributed by atoms with Crippen LogP contribution in [-0.2, 0) is 6.42 Å². The van der Waals surface area contributed by atoms with Crippen LogP contribution in [0.15, 0.2) is 139 Å². The molecule has 46 heavy (non-hydrogen) atoms. The molecule has 1 aliphatic heterocycles. The van der Waals surface area contributed by atoms with Crippen molar-refractivity contribution >= 4 is 51.1 Å². The molecule has 0 fully saturated rings. The van der Waals surface area contributed by atoms with Crippen LogP contribution >= 0.6 is 0 Å². The van der Waals surface area contributed by atoms with Gasteiger partial charge in [0.25, 0.3) is 0 Å². The summed E-state index contributed by atoms with van der Waals surface area (Å²) in [6.07, 6.45) is 17.0. The van der Waals surface area contributed by atoms with Crippen molar-refractivity contribution < 1.29 is 0 Å². The summed E-state index contributed by atoms with van der Waals surface area (Å²) >= 11 is 0. The molecule has 0 spiro atoms. The molecule has 0 unspecified atom stereocenters. The first-order valence-electron chi connectivity index (χ1n) is 15.9. The molecule has 2 aromatic heterocycles. The minimum Gasteiger partial charge on any atom is -0.275 e. The van der Waals surface area contributed by atoms with Gasteiger partial charge in [-0.05, 0) is 78.3 Å². The molecular weight excluding hydrogens is 564 g/mol. The first-order chi connectivity index (χ1) is 22.8. The van der Waals surface area contributed by atoms with Crippen molar-refractivity contribution in [3.63, 3.8) is 0 Å². The van der Waals surface area contributed by atoms with Crippen molar-refractivity contribution in [3.05, 3.63) is 151 Å². The van der Waals surface area contributed by atoms with Gasteiger partial charge >= 0.3 is 0 Å². The van der Waals surface area contributed by atoms with Gasteiger partial charge in [0, 0.05) is 23.3 Å². The number of benzene rings is 4. The molecule has 4 aromatic carbocycles. The fourth-order valence-electron chi connectivity index (χ4n) is 6.92. The summed E-state index contributed by atoms with van der Waals surface area (Å²) in [5.41, 5.74) is 12.0. The number of para-hydroxylation sites is 4. The van der Waals surface area contributed by atoms with Gasteiger partial charge in [0.05, 0.1) is 34.0 Å². The highest BCUT2D eigenvalue weighted by Gasteiger charge is 2.33. The Hall–Kier alpha value is -5.88. The molecule has 0 saturated heterocycles. The molecule has 3 aliphatic rings. The van der Waals surface area contributed by atoms with Gasteiger partial charge in [0.15, 0.2) is 0 Å². The van der Waals surface area contributed by atoms with Crippen LogP contribution in [-0.4, -0.2) is 19.9 Å². The van der Waals surface area contributed by atoms with Crippen LogP contribution in [0.3, 0.4) is 0 Å². The summed E-state index contributed by atoms with van der Waals surface area (Å²) in [5.74, 6) is 1.29. The zero-order valence-electron chi connectivity index (χ0n) is 25.2. The third-order valence-corrected chi connectivity index (χ3v) is 9.06. The SMILES string of the molecule is C1=CCCC(C2=CCCc3nc(N4c5ccccc5N(c5ncc6c(-c7ccccc7)cccc6n5)c5ccccc54)ncc32)=C1. The topological polar surface area (TPSA) is 58.0 Å². The third-order valence-electron chi connectivity index (χ3n) is 9.06. The molecule has 6 nitrogen and oxygen atoms in total. The number of anilines is 6. The fourth-order valence-corrected chi connectivity index (χ4v) is 6.92. The van der Waals surface area contributed by atoms with Crippen molar-refractivity contribution in [1.82, 2.24) is 19.9 Å². The number of allylic oxidation sites excluding steroid dienone is 6. The van der Waals surface area contributed by atoms with E-state index in [9.17, 15) is 0 Å². The summed E-state index contributed by atoms with van der Waals surface area (Å²) in [6.45, 7) is 0. The van der Waals surface area contributed by atoms with Crippen molar-refractivity contribution in [2.45, 2.75) is 25.7 Å². The Bertz CT molecular complexity index is 2190. The molecule has 220 valence electrons. The van der Waals surface area contributed by atoms with Gasteiger partial charge in [-0.3, -0.25) is 9.80 Å². The second kappa shape index (κ2) is 10.9. The van der Waals surface area contributed by atoms with E-state index in [0.717, 1.165) is 81.7 Å². The Labute approximate surface area is 267 Å². The Balaban J connectivity index is 1.16. The molecule has 0 radical (unpaired) electrons. The Morgan fingerprint density at radius 1 is 0.565 bits per heavy atom. The first kappa shape index (κ1) is 26.5. The van der Waals surface area contributed by atoms with Gasteiger partial charge in [0.1, 0.15) is 0 Å². The van der Waals surface area contributed by atoms with Crippen LogP contribution in [0.25, 0.3) is 27.6 Å². The highest BCUT2D eigenvalue weighted by atomic mass is 15.4. The van der Waals surface area contributed by atoms with Gasteiger partial charge in [-0.1, -0.05) is 91.0 Å². The van der Waals surface area contributed by atoms with E-state index in [1.54, 1.807) is 0 Å². The van der Waals surface area contributed by atoms with Crippen molar-refractivity contribution in [2.75, 3.05) is 9.80 Å². The summed E-state index contributed by atoms with van der Waals surface area (Å²) in [5, 5.41) is 1.02. The number of hydrogen-bond donors (Lipinski definition) is 0. The Kier molecular flexibility index (Phi) is 6.30. The maximum atomic E-state index is 5.24. The number of fused-ring (bicyclic) bond motifs is 4. The number of hydrogen-bond acceptors (Lipinski definition) is 6. The molecule has 9 rings (SSSR count). The number of rotatable bonds is 4. The van der Waals surface area contributed by atoms with E-state index in [1.165, 1.54) is 11.1 Å². The lowest BCUT2D eigenvalue weighted by Crippen LogP contribution is -2.26. The normalized spacial score (nSPS) is 15.1.